The van der Waals surface area contributed by atoms with Crippen LogP contribution in [0.4, 0.5) is 23.2 Å². The number of alkyl halides is 3. The molecule has 0 aliphatic heterocycles. The Balaban J connectivity index is 1.62. The van der Waals surface area contributed by atoms with Crippen LogP contribution in [-0.2, 0) is 6.18 Å². The van der Waals surface area contributed by atoms with Crippen molar-refractivity contribution in [3.8, 4) is 23.1 Å². The molecule has 0 radical (unpaired) electrons. The first-order valence-corrected chi connectivity index (χ1v) is 8.89. The second kappa shape index (κ2) is 7.71. The summed E-state index contributed by atoms with van der Waals surface area (Å²) in [7, 11) is 0. The molecule has 4 rings (SSSR count). The third-order valence-corrected chi connectivity index (χ3v) is 4.43. The topological polar surface area (TPSA) is 81.2 Å². The molecule has 10 heteroatoms. The van der Waals surface area contributed by atoms with Crippen LogP contribution >= 0.6 is 0 Å². The van der Waals surface area contributed by atoms with Gasteiger partial charge in [-0.25, -0.2) is 4.39 Å². The summed E-state index contributed by atoms with van der Waals surface area (Å²) in [6.07, 6.45) is -3.18. The lowest BCUT2D eigenvalue weighted by Crippen LogP contribution is -2.16. The van der Waals surface area contributed by atoms with E-state index in [0.29, 0.717) is 16.9 Å². The van der Waals surface area contributed by atoms with Gasteiger partial charge in [0.1, 0.15) is 5.82 Å². The molecule has 6 nitrogen and oxygen atoms in total. The summed E-state index contributed by atoms with van der Waals surface area (Å²) >= 11 is 0. The van der Waals surface area contributed by atoms with Gasteiger partial charge in [0.2, 0.25) is 5.89 Å². The maximum Gasteiger partial charge on any atom is 0.416 e. The molecule has 2 aromatic heterocycles. The van der Waals surface area contributed by atoms with Gasteiger partial charge in [0.15, 0.2) is 5.76 Å². The molecule has 1 N–H and O–H groups in total. The number of hydrogen-bond donors (Lipinski definition) is 1. The van der Waals surface area contributed by atoms with E-state index in [1.54, 1.807) is 12.1 Å². The lowest BCUT2D eigenvalue weighted by Gasteiger charge is -2.12. The second-order valence-corrected chi connectivity index (χ2v) is 6.57. The summed E-state index contributed by atoms with van der Waals surface area (Å²) in [6, 6.07) is 9.71. The van der Waals surface area contributed by atoms with E-state index in [-0.39, 0.29) is 23.0 Å². The fourth-order valence-corrected chi connectivity index (χ4v) is 2.83. The van der Waals surface area contributed by atoms with Crippen LogP contribution in [-0.4, -0.2) is 16.1 Å². The number of nitrogens with one attached hydrogen (secondary N) is 1. The summed E-state index contributed by atoms with van der Waals surface area (Å²) in [5.41, 5.74) is -0.854. The van der Waals surface area contributed by atoms with Gasteiger partial charge < -0.3 is 14.2 Å². The molecule has 2 heterocycles. The lowest BCUT2D eigenvalue weighted by molar-refractivity contribution is -0.137. The van der Waals surface area contributed by atoms with Crippen LogP contribution in [0.25, 0.3) is 23.1 Å². The third kappa shape index (κ3) is 4.18. The predicted octanol–water partition coefficient (Wildman–Crippen LogP) is 5.72. The first-order chi connectivity index (χ1) is 14.7. The molecular formula is C21H13F4N3O3. The molecule has 0 bridgehead atoms. The monoisotopic (exact) mass is 431 g/mol. The van der Waals surface area contributed by atoms with E-state index in [4.69, 9.17) is 8.83 Å². The average molecular weight is 431 g/mol. The molecule has 0 atom stereocenters. The highest BCUT2D eigenvalue weighted by atomic mass is 19.4. The molecule has 2 aromatic carbocycles. The molecule has 1 amide bonds. The van der Waals surface area contributed by atoms with Gasteiger partial charge in [-0.15, -0.1) is 10.2 Å². The van der Waals surface area contributed by atoms with Crippen molar-refractivity contribution in [2.24, 2.45) is 0 Å². The molecule has 31 heavy (non-hydrogen) atoms. The zero-order valence-electron chi connectivity index (χ0n) is 15.8. The zero-order valence-corrected chi connectivity index (χ0v) is 15.8. The molecule has 158 valence electrons. The van der Waals surface area contributed by atoms with Crippen LogP contribution in [0.2, 0.25) is 0 Å². The van der Waals surface area contributed by atoms with Crippen molar-refractivity contribution in [1.82, 2.24) is 10.2 Å². The minimum atomic E-state index is -4.61. The number of aromatic nitrogens is 2. The number of nitrogens with zero attached hydrogens (tertiary/aromatic N) is 2. The number of anilines is 1. The van der Waals surface area contributed by atoms with E-state index >= 15 is 0 Å². The van der Waals surface area contributed by atoms with E-state index in [1.807, 2.05) is 0 Å². The highest BCUT2D eigenvalue weighted by Crippen LogP contribution is 2.31. The molecule has 0 unspecified atom stereocenters. The van der Waals surface area contributed by atoms with Gasteiger partial charge in [-0.2, -0.15) is 13.2 Å². The van der Waals surface area contributed by atoms with Crippen molar-refractivity contribution in [1.29, 1.82) is 0 Å². The molecule has 4 aromatic rings. The Hall–Kier alpha value is -3.95. The maximum absolute atomic E-state index is 14.3. The van der Waals surface area contributed by atoms with Crippen molar-refractivity contribution in [3.63, 3.8) is 0 Å². The smallest absolute Gasteiger partial charge is 0.416 e. The van der Waals surface area contributed by atoms with Gasteiger partial charge >= 0.3 is 6.18 Å². The molecule has 0 saturated carbocycles. The number of carbonyl (C=O) groups excluding carboxylic acids is 1. The third-order valence-electron chi connectivity index (χ3n) is 4.43. The largest absolute Gasteiger partial charge is 0.459 e. The highest BCUT2D eigenvalue weighted by Gasteiger charge is 2.31. The standard InChI is InChI=1S/C21H13F4N3O3/c1-11-4-6-13(21(23,24)25)10-14(11)18(29)26-16-9-12(5-7-15(16)22)19-27-28-20(31-19)17-3-2-8-30-17/h2-10H,1H3,(H,26,29). The Morgan fingerprint density at radius 2 is 1.81 bits per heavy atom. The summed E-state index contributed by atoms with van der Waals surface area (Å²) < 4.78 is 63.9. The van der Waals surface area contributed by atoms with E-state index in [0.717, 1.165) is 18.2 Å². The van der Waals surface area contributed by atoms with Crippen LogP contribution in [0.1, 0.15) is 21.5 Å². The van der Waals surface area contributed by atoms with E-state index in [2.05, 4.69) is 15.5 Å². The fourth-order valence-electron chi connectivity index (χ4n) is 2.83. The van der Waals surface area contributed by atoms with Crippen LogP contribution in [0.5, 0.6) is 0 Å². The summed E-state index contributed by atoms with van der Waals surface area (Å²) in [5.74, 6) is -1.19. The lowest BCUT2D eigenvalue weighted by atomic mass is 10.0. The van der Waals surface area contributed by atoms with Crippen molar-refractivity contribution in [3.05, 3.63) is 77.3 Å². The summed E-state index contributed by atoms with van der Waals surface area (Å²) in [4.78, 5) is 12.6. The van der Waals surface area contributed by atoms with E-state index < -0.39 is 23.5 Å². The highest BCUT2D eigenvalue weighted by molar-refractivity contribution is 6.05. The Kier molecular flexibility index (Phi) is 5.05. The molecule has 0 aliphatic rings. The number of furan rings is 1. The summed E-state index contributed by atoms with van der Waals surface area (Å²) in [5, 5.41) is 10.0. The van der Waals surface area contributed by atoms with Gasteiger partial charge in [-0.1, -0.05) is 6.07 Å². The average Bonchev–Trinajstić information content (AvgIpc) is 3.40. The maximum atomic E-state index is 14.3. The van der Waals surface area contributed by atoms with Gasteiger partial charge in [0.25, 0.3) is 11.8 Å². The van der Waals surface area contributed by atoms with Crippen molar-refractivity contribution >= 4 is 11.6 Å². The molecule has 0 fully saturated rings. The van der Waals surface area contributed by atoms with Gasteiger partial charge in [0.05, 0.1) is 17.5 Å². The first kappa shape index (κ1) is 20.3. The van der Waals surface area contributed by atoms with Crippen LogP contribution in [0, 0.1) is 12.7 Å². The molecule has 0 spiro atoms. The number of benzene rings is 2. The number of carbonyl (C=O) groups is 1. The first-order valence-electron chi connectivity index (χ1n) is 8.89. The number of rotatable bonds is 4. The molecule has 0 saturated heterocycles. The summed E-state index contributed by atoms with van der Waals surface area (Å²) in [6.45, 7) is 1.48. The number of aryl methyl sites for hydroxylation is 1. The minimum absolute atomic E-state index is 0.0390. The zero-order chi connectivity index (χ0) is 22.2. The van der Waals surface area contributed by atoms with Gasteiger partial charge in [-0.05, 0) is 55.0 Å². The van der Waals surface area contributed by atoms with Crippen molar-refractivity contribution in [2.75, 3.05) is 5.32 Å². The van der Waals surface area contributed by atoms with Crippen LogP contribution < -0.4 is 5.32 Å². The van der Waals surface area contributed by atoms with Gasteiger partial charge in [-0.3, -0.25) is 4.79 Å². The van der Waals surface area contributed by atoms with Crippen LogP contribution in [0.15, 0.2) is 63.6 Å². The Morgan fingerprint density at radius 1 is 1.03 bits per heavy atom. The second-order valence-electron chi connectivity index (χ2n) is 6.57. The number of amides is 1. The van der Waals surface area contributed by atoms with E-state index in [9.17, 15) is 22.4 Å². The molecule has 0 aliphatic carbocycles. The quantitative estimate of drug-likeness (QED) is 0.418. The van der Waals surface area contributed by atoms with Crippen LogP contribution in [0.3, 0.4) is 0 Å². The number of halogens is 4. The fraction of sp³-hybridized carbons (Fsp3) is 0.0952. The number of hydrogen-bond acceptors (Lipinski definition) is 5. The normalized spacial score (nSPS) is 11.5. The Bertz CT molecular complexity index is 1250. The Labute approximate surface area is 172 Å². The van der Waals surface area contributed by atoms with Gasteiger partial charge in [0, 0.05) is 11.1 Å². The van der Waals surface area contributed by atoms with Crippen molar-refractivity contribution in [2.45, 2.75) is 13.1 Å². The SMILES string of the molecule is Cc1ccc(C(F)(F)F)cc1C(=O)Nc1cc(-c2nnc(-c3ccco3)o2)ccc1F. The van der Waals surface area contributed by atoms with Crippen molar-refractivity contribution < 1.29 is 31.2 Å². The Morgan fingerprint density at radius 3 is 2.52 bits per heavy atom. The molecular weight excluding hydrogens is 418 g/mol. The minimum Gasteiger partial charge on any atom is -0.459 e. The van der Waals surface area contributed by atoms with E-state index in [1.165, 1.54) is 31.4 Å². The predicted molar refractivity (Wildman–Crippen MR) is 102 cm³/mol.